The summed E-state index contributed by atoms with van der Waals surface area (Å²) in [6, 6.07) is 9.46. The molecule has 0 fully saturated rings. The van der Waals surface area contributed by atoms with Gasteiger partial charge in [-0.2, -0.15) is 0 Å². The molecule has 0 unspecified atom stereocenters. The predicted octanol–water partition coefficient (Wildman–Crippen LogP) is 3.96. The van der Waals surface area contributed by atoms with Crippen LogP contribution in [0.2, 0.25) is 0 Å². The fourth-order valence-corrected chi connectivity index (χ4v) is 2.03. The Morgan fingerprint density at radius 1 is 1.15 bits per heavy atom. The van der Waals surface area contributed by atoms with E-state index in [0.717, 1.165) is 11.1 Å². The van der Waals surface area contributed by atoms with Crippen LogP contribution in [0.15, 0.2) is 36.4 Å². The third-order valence-electron chi connectivity index (χ3n) is 3.14. The first kappa shape index (κ1) is 14.0. The summed E-state index contributed by atoms with van der Waals surface area (Å²) < 4.78 is 12.8. The lowest BCUT2D eigenvalue weighted by Crippen LogP contribution is -2.03. The molecule has 0 aliphatic rings. The minimum atomic E-state index is -0.391. The number of hydrogen-bond acceptors (Lipinski definition) is 3. The Kier molecular flexibility index (Phi) is 3.98. The SMILES string of the molecule is Cc1cc(C)c([N+](=O)[O-])cc1NCc1ccc(F)cc1. The molecule has 2 aromatic carbocycles. The number of halogens is 1. The minimum absolute atomic E-state index is 0.0946. The Morgan fingerprint density at radius 2 is 1.80 bits per heavy atom. The third kappa shape index (κ3) is 3.12. The van der Waals surface area contributed by atoms with Crippen LogP contribution in [-0.2, 0) is 6.54 Å². The molecular weight excluding hydrogens is 259 g/mol. The van der Waals surface area contributed by atoms with E-state index in [4.69, 9.17) is 0 Å². The van der Waals surface area contributed by atoms with Crippen molar-refractivity contribution in [2.75, 3.05) is 5.32 Å². The van der Waals surface area contributed by atoms with E-state index >= 15 is 0 Å². The molecule has 0 atom stereocenters. The van der Waals surface area contributed by atoms with E-state index in [1.807, 2.05) is 6.92 Å². The number of aryl methyl sites for hydroxylation is 2. The summed E-state index contributed by atoms with van der Waals surface area (Å²) in [7, 11) is 0. The average Bonchev–Trinajstić information content (AvgIpc) is 2.39. The monoisotopic (exact) mass is 274 g/mol. The van der Waals surface area contributed by atoms with E-state index in [0.29, 0.717) is 17.8 Å². The summed E-state index contributed by atoms with van der Waals surface area (Å²) in [5.74, 6) is -0.282. The summed E-state index contributed by atoms with van der Waals surface area (Å²) in [5, 5.41) is 14.1. The van der Waals surface area contributed by atoms with Gasteiger partial charge in [0.1, 0.15) is 5.82 Å². The smallest absolute Gasteiger partial charge is 0.274 e. The molecule has 20 heavy (non-hydrogen) atoms. The lowest BCUT2D eigenvalue weighted by atomic mass is 10.1. The van der Waals surface area contributed by atoms with Gasteiger partial charge in [0, 0.05) is 23.9 Å². The number of anilines is 1. The predicted molar refractivity (Wildman–Crippen MR) is 76.3 cm³/mol. The van der Waals surface area contributed by atoms with Gasteiger partial charge in [-0.15, -0.1) is 0 Å². The lowest BCUT2D eigenvalue weighted by molar-refractivity contribution is -0.385. The maximum absolute atomic E-state index is 12.8. The highest BCUT2D eigenvalue weighted by Gasteiger charge is 2.13. The quantitative estimate of drug-likeness (QED) is 0.678. The highest BCUT2D eigenvalue weighted by atomic mass is 19.1. The van der Waals surface area contributed by atoms with E-state index in [9.17, 15) is 14.5 Å². The van der Waals surface area contributed by atoms with Crippen LogP contribution in [0, 0.1) is 29.8 Å². The first-order valence-corrected chi connectivity index (χ1v) is 6.21. The molecule has 0 spiro atoms. The number of nitrogens with one attached hydrogen (secondary N) is 1. The topological polar surface area (TPSA) is 55.2 Å². The molecule has 0 amide bonds. The summed E-state index contributed by atoms with van der Waals surface area (Å²) in [6.45, 7) is 4.10. The first-order chi connectivity index (χ1) is 9.47. The zero-order valence-electron chi connectivity index (χ0n) is 11.3. The van der Waals surface area contributed by atoms with Gasteiger partial charge in [-0.25, -0.2) is 4.39 Å². The van der Waals surface area contributed by atoms with Crippen LogP contribution >= 0.6 is 0 Å². The highest BCUT2D eigenvalue weighted by Crippen LogP contribution is 2.26. The molecule has 0 radical (unpaired) electrons. The Bertz CT molecular complexity index is 639. The fourth-order valence-electron chi connectivity index (χ4n) is 2.03. The molecule has 0 aliphatic heterocycles. The largest absolute Gasteiger partial charge is 0.381 e. The second-order valence-electron chi connectivity index (χ2n) is 4.69. The molecule has 0 saturated heterocycles. The van der Waals surface area contributed by atoms with Crippen molar-refractivity contribution in [1.29, 1.82) is 0 Å². The van der Waals surface area contributed by atoms with Crippen molar-refractivity contribution in [1.82, 2.24) is 0 Å². The third-order valence-corrected chi connectivity index (χ3v) is 3.14. The zero-order valence-corrected chi connectivity index (χ0v) is 11.3. The van der Waals surface area contributed by atoms with Crippen molar-refractivity contribution in [3.8, 4) is 0 Å². The average molecular weight is 274 g/mol. The van der Waals surface area contributed by atoms with Crippen LogP contribution in [0.3, 0.4) is 0 Å². The number of nitrogens with zero attached hydrogens (tertiary/aromatic N) is 1. The number of nitro groups is 1. The van der Waals surface area contributed by atoms with E-state index < -0.39 is 4.92 Å². The van der Waals surface area contributed by atoms with Gasteiger partial charge in [-0.05, 0) is 43.2 Å². The highest BCUT2D eigenvalue weighted by molar-refractivity contribution is 5.60. The van der Waals surface area contributed by atoms with E-state index in [1.54, 1.807) is 25.1 Å². The molecule has 1 N–H and O–H groups in total. The lowest BCUT2D eigenvalue weighted by Gasteiger charge is -2.11. The maximum atomic E-state index is 12.8. The fraction of sp³-hybridized carbons (Fsp3) is 0.200. The van der Waals surface area contributed by atoms with Gasteiger partial charge in [0.15, 0.2) is 0 Å². The Hall–Kier alpha value is -2.43. The van der Waals surface area contributed by atoms with Crippen molar-refractivity contribution in [2.24, 2.45) is 0 Å². The standard InChI is InChI=1S/C15H15FN2O2/c1-10-7-11(2)15(18(19)20)8-14(10)17-9-12-3-5-13(16)6-4-12/h3-8,17H,9H2,1-2H3. The molecule has 0 aliphatic carbocycles. The zero-order chi connectivity index (χ0) is 14.7. The molecule has 2 aromatic rings. The van der Waals surface area contributed by atoms with Gasteiger partial charge < -0.3 is 5.32 Å². The Balaban J connectivity index is 2.18. The van der Waals surface area contributed by atoms with Gasteiger partial charge in [-0.1, -0.05) is 12.1 Å². The van der Waals surface area contributed by atoms with Crippen molar-refractivity contribution in [2.45, 2.75) is 20.4 Å². The molecule has 2 rings (SSSR count). The van der Waals surface area contributed by atoms with Crippen LogP contribution in [0.4, 0.5) is 15.8 Å². The van der Waals surface area contributed by atoms with Crippen molar-refractivity contribution >= 4 is 11.4 Å². The van der Waals surface area contributed by atoms with Crippen LogP contribution in [0.5, 0.6) is 0 Å². The molecule has 104 valence electrons. The van der Waals surface area contributed by atoms with Crippen LogP contribution in [0.25, 0.3) is 0 Å². The number of benzene rings is 2. The van der Waals surface area contributed by atoms with Gasteiger partial charge in [0.05, 0.1) is 4.92 Å². The van der Waals surface area contributed by atoms with Gasteiger partial charge in [-0.3, -0.25) is 10.1 Å². The maximum Gasteiger partial charge on any atom is 0.274 e. The molecule has 5 heteroatoms. The molecule has 0 heterocycles. The Labute approximate surface area is 116 Å². The van der Waals surface area contributed by atoms with E-state index in [1.165, 1.54) is 18.2 Å². The number of rotatable bonds is 4. The van der Waals surface area contributed by atoms with E-state index in [-0.39, 0.29) is 11.5 Å². The van der Waals surface area contributed by atoms with Gasteiger partial charge >= 0.3 is 0 Å². The van der Waals surface area contributed by atoms with Crippen LogP contribution < -0.4 is 5.32 Å². The van der Waals surface area contributed by atoms with Gasteiger partial charge in [0.2, 0.25) is 0 Å². The van der Waals surface area contributed by atoms with Crippen molar-refractivity contribution < 1.29 is 9.31 Å². The summed E-state index contributed by atoms with van der Waals surface area (Å²) in [6.07, 6.45) is 0. The summed E-state index contributed by atoms with van der Waals surface area (Å²) >= 11 is 0. The van der Waals surface area contributed by atoms with Crippen LogP contribution in [0.1, 0.15) is 16.7 Å². The first-order valence-electron chi connectivity index (χ1n) is 6.21. The van der Waals surface area contributed by atoms with Gasteiger partial charge in [0.25, 0.3) is 5.69 Å². The molecule has 0 bridgehead atoms. The molecule has 4 nitrogen and oxygen atoms in total. The van der Waals surface area contributed by atoms with Crippen LogP contribution in [-0.4, -0.2) is 4.92 Å². The molecular formula is C15H15FN2O2. The molecule has 0 saturated carbocycles. The number of hydrogen-bond donors (Lipinski definition) is 1. The minimum Gasteiger partial charge on any atom is -0.381 e. The van der Waals surface area contributed by atoms with E-state index in [2.05, 4.69) is 5.32 Å². The Morgan fingerprint density at radius 3 is 2.40 bits per heavy atom. The second-order valence-corrected chi connectivity index (χ2v) is 4.69. The molecule has 0 aromatic heterocycles. The normalized spacial score (nSPS) is 10.3. The number of nitro benzene ring substituents is 1. The van der Waals surface area contributed by atoms with Crippen molar-refractivity contribution in [3.05, 3.63) is 69.0 Å². The second kappa shape index (κ2) is 5.69. The summed E-state index contributed by atoms with van der Waals surface area (Å²) in [4.78, 5) is 10.5. The van der Waals surface area contributed by atoms with Crippen molar-refractivity contribution in [3.63, 3.8) is 0 Å². The summed E-state index contributed by atoms with van der Waals surface area (Å²) in [5.41, 5.74) is 3.30.